The number of fused-ring (bicyclic) bond motifs is 1. The maximum atomic E-state index is 14.2. The molecule has 28 heavy (non-hydrogen) atoms. The van der Waals surface area contributed by atoms with Crippen LogP contribution in [-0.4, -0.2) is 22.0 Å². The summed E-state index contributed by atoms with van der Waals surface area (Å²) in [5.74, 6) is 0.638. The predicted octanol–water partition coefficient (Wildman–Crippen LogP) is 4.65. The Hall–Kier alpha value is -2.99. The van der Waals surface area contributed by atoms with Gasteiger partial charge in [0, 0.05) is 18.5 Å². The molecule has 0 spiro atoms. The number of halogens is 1. The Morgan fingerprint density at radius 1 is 1.07 bits per heavy atom. The number of amides is 1. The van der Waals surface area contributed by atoms with E-state index in [1.807, 2.05) is 47.8 Å². The molecule has 0 aliphatic heterocycles. The van der Waals surface area contributed by atoms with Gasteiger partial charge in [-0.25, -0.2) is 9.37 Å². The number of nitrogens with zero attached hydrogens (tertiary/aromatic N) is 2. The molecule has 6 heteroatoms. The summed E-state index contributed by atoms with van der Waals surface area (Å²) in [5, 5.41) is 4.83. The molecule has 4 aromatic rings. The fourth-order valence-corrected chi connectivity index (χ4v) is 3.87. The summed E-state index contributed by atoms with van der Waals surface area (Å²) in [6.45, 7) is 1.00. The van der Waals surface area contributed by atoms with Crippen molar-refractivity contribution in [1.29, 1.82) is 0 Å². The van der Waals surface area contributed by atoms with Gasteiger partial charge in [0.25, 0.3) is 5.91 Å². The highest BCUT2D eigenvalue weighted by molar-refractivity contribution is 7.12. The van der Waals surface area contributed by atoms with Crippen molar-refractivity contribution in [3.05, 3.63) is 88.1 Å². The molecule has 4 nitrogen and oxygen atoms in total. The minimum atomic E-state index is -0.213. The predicted molar refractivity (Wildman–Crippen MR) is 110 cm³/mol. The van der Waals surface area contributed by atoms with E-state index >= 15 is 0 Å². The van der Waals surface area contributed by atoms with Crippen LogP contribution in [0.5, 0.6) is 0 Å². The molecule has 0 aliphatic carbocycles. The third-order valence-corrected chi connectivity index (χ3v) is 5.50. The van der Waals surface area contributed by atoms with Crippen molar-refractivity contribution in [3.8, 4) is 0 Å². The zero-order valence-corrected chi connectivity index (χ0v) is 16.1. The summed E-state index contributed by atoms with van der Waals surface area (Å²) in [4.78, 5) is 17.5. The lowest BCUT2D eigenvalue weighted by molar-refractivity contribution is 0.0957. The van der Waals surface area contributed by atoms with Gasteiger partial charge >= 0.3 is 0 Å². The Morgan fingerprint density at radius 2 is 1.89 bits per heavy atom. The highest BCUT2D eigenvalue weighted by atomic mass is 32.1. The van der Waals surface area contributed by atoms with Gasteiger partial charge in [-0.15, -0.1) is 11.3 Å². The summed E-state index contributed by atoms with van der Waals surface area (Å²) in [6.07, 6.45) is 1.46. The van der Waals surface area contributed by atoms with E-state index in [0.717, 1.165) is 23.3 Å². The number of aromatic nitrogens is 2. The second-order valence-electron chi connectivity index (χ2n) is 6.53. The summed E-state index contributed by atoms with van der Waals surface area (Å²) >= 11 is 1.43. The molecular weight excluding hydrogens is 373 g/mol. The first kappa shape index (κ1) is 18.4. The van der Waals surface area contributed by atoms with Gasteiger partial charge in [0.15, 0.2) is 0 Å². The van der Waals surface area contributed by atoms with Crippen LogP contribution < -0.4 is 5.32 Å². The molecule has 1 amide bonds. The van der Waals surface area contributed by atoms with Gasteiger partial charge in [-0.3, -0.25) is 4.79 Å². The van der Waals surface area contributed by atoms with Crippen LogP contribution in [0, 0.1) is 5.82 Å². The number of nitrogens with one attached hydrogen (secondary N) is 1. The number of imidazole rings is 1. The monoisotopic (exact) mass is 393 g/mol. The molecule has 0 radical (unpaired) electrons. The number of benzene rings is 2. The molecule has 0 saturated heterocycles. The lowest BCUT2D eigenvalue weighted by atomic mass is 10.2. The molecule has 0 aliphatic rings. The molecule has 142 valence electrons. The maximum Gasteiger partial charge on any atom is 0.261 e. The zero-order valence-electron chi connectivity index (χ0n) is 15.3. The third-order valence-electron chi connectivity index (χ3n) is 4.63. The molecule has 0 unspecified atom stereocenters. The Kier molecular flexibility index (Phi) is 5.48. The number of para-hydroxylation sites is 2. The number of hydrogen-bond donors (Lipinski definition) is 1. The van der Waals surface area contributed by atoms with Crippen molar-refractivity contribution in [1.82, 2.24) is 14.9 Å². The summed E-state index contributed by atoms with van der Waals surface area (Å²) < 4.78 is 16.2. The van der Waals surface area contributed by atoms with E-state index in [9.17, 15) is 9.18 Å². The van der Waals surface area contributed by atoms with Crippen LogP contribution in [0.25, 0.3) is 11.0 Å². The second-order valence-corrected chi connectivity index (χ2v) is 7.48. The minimum Gasteiger partial charge on any atom is -0.351 e. The maximum absolute atomic E-state index is 14.2. The smallest absolute Gasteiger partial charge is 0.261 e. The van der Waals surface area contributed by atoms with Crippen LogP contribution in [0.2, 0.25) is 0 Å². The van der Waals surface area contributed by atoms with Crippen LogP contribution in [0.1, 0.15) is 27.5 Å². The SMILES string of the molecule is O=C(NCCCc1nc2ccccc2n1Cc1ccccc1F)c1cccs1. The van der Waals surface area contributed by atoms with Gasteiger partial charge in [0.05, 0.1) is 22.5 Å². The van der Waals surface area contributed by atoms with Crippen LogP contribution in [-0.2, 0) is 13.0 Å². The Bertz CT molecular complexity index is 1090. The Labute approximate surface area is 166 Å². The van der Waals surface area contributed by atoms with Crippen LogP contribution in [0.4, 0.5) is 4.39 Å². The minimum absolute atomic E-state index is 0.0464. The van der Waals surface area contributed by atoms with E-state index in [-0.39, 0.29) is 11.7 Å². The molecule has 1 N–H and O–H groups in total. The van der Waals surface area contributed by atoms with Crippen LogP contribution >= 0.6 is 11.3 Å². The number of hydrogen-bond acceptors (Lipinski definition) is 3. The summed E-state index contributed by atoms with van der Waals surface area (Å²) in [7, 11) is 0. The van der Waals surface area contributed by atoms with Gasteiger partial charge in [-0.1, -0.05) is 36.4 Å². The number of aryl methyl sites for hydroxylation is 1. The van der Waals surface area contributed by atoms with Crippen LogP contribution in [0.3, 0.4) is 0 Å². The lowest BCUT2D eigenvalue weighted by Crippen LogP contribution is -2.24. The molecule has 4 rings (SSSR count). The molecule has 2 heterocycles. The van der Waals surface area contributed by atoms with Gasteiger partial charge in [0.2, 0.25) is 0 Å². The highest BCUT2D eigenvalue weighted by Gasteiger charge is 2.13. The topological polar surface area (TPSA) is 46.9 Å². The fraction of sp³-hybridized carbons (Fsp3) is 0.182. The van der Waals surface area contributed by atoms with Crippen molar-refractivity contribution in [3.63, 3.8) is 0 Å². The van der Waals surface area contributed by atoms with E-state index < -0.39 is 0 Å². The van der Waals surface area contributed by atoms with E-state index in [2.05, 4.69) is 9.88 Å². The van der Waals surface area contributed by atoms with Crippen molar-refractivity contribution >= 4 is 28.3 Å². The van der Waals surface area contributed by atoms with Crippen LogP contribution in [0.15, 0.2) is 66.0 Å². The molecule has 2 aromatic heterocycles. The van der Waals surface area contributed by atoms with E-state index in [1.54, 1.807) is 12.1 Å². The van der Waals surface area contributed by atoms with Crippen molar-refractivity contribution in [2.24, 2.45) is 0 Å². The molecule has 0 atom stereocenters. The van der Waals surface area contributed by atoms with Gasteiger partial charge in [-0.2, -0.15) is 0 Å². The number of rotatable bonds is 7. The fourth-order valence-electron chi connectivity index (χ4n) is 3.23. The first-order chi connectivity index (χ1) is 13.7. The normalized spacial score (nSPS) is 11.0. The standard InChI is InChI=1S/C22H20FN3OS/c23-17-8-2-1-7-16(17)15-26-19-10-4-3-9-18(19)25-21(26)12-5-13-24-22(27)20-11-6-14-28-20/h1-4,6-11,14H,5,12-13,15H2,(H,24,27). The number of carbonyl (C=O) groups is 1. The summed E-state index contributed by atoms with van der Waals surface area (Å²) in [6, 6.07) is 18.4. The van der Waals surface area contributed by atoms with E-state index in [1.165, 1.54) is 17.4 Å². The molecule has 0 bridgehead atoms. The average Bonchev–Trinajstić information content (AvgIpc) is 3.36. The van der Waals surface area contributed by atoms with E-state index in [0.29, 0.717) is 30.0 Å². The Balaban J connectivity index is 1.48. The number of carbonyl (C=O) groups excluding carboxylic acids is 1. The van der Waals surface area contributed by atoms with E-state index in [4.69, 9.17) is 4.98 Å². The Morgan fingerprint density at radius 3 is 2.71 bits per heavy atom. The molecule has 0 fully saturated rings. The highest BCUT2D eigenvalue weighted by Crippen LogP contribution is 2.20. The third kappa shape index (κ3) is 3.97. The van der Waals surface area contributed by atoms with Crippen molar-refractivity contribution in [2.45, 2.75) is 19.4 Å². The van der Waals surface area contributed by atoms with Gasteiger partial charge in [0.1, 0.15) is 11.6 Å². The van der Waals surface area contributed by atoms with Gasteiger partial charge in [-0.05, 0) is 36.1 Å². The molecular formula is C22H20FN3OS. The van der Waals surface area contributed by atoms with Crippen molar-refractivity contribution < 1.29 is 9.18 Å². The zero-order chi connectivity index (χ0) is 19.3. The number of thiophene rings is 1. The van der Waals surface area contributed by atoms with Crippen molar-refractivity contribution in [2.75, 3.05) is 6.54 Å². The lowest BCUT2D eigenvalue weighted by Gasteiger charge is -2.10. The molecule has 2 aromatic carbocycles. The quantitative estimate of drug-likeness (QED) is 0.465. The molecule has 0 saturated carbocycles. The average molecular weight is 393 g/mol. The first-order valence-corrected chi connectivity index (χ1v) is 10.1. The second kappa shape index (κ2) is 8.35. The van der Waals surface area contributed by atoms with Gasteiger partial charge < -0.3 is 9.88 Å². The summed E-state index contributed by atoms with van der Waals surface area (Å²) in [5.41, 5.74) is 2.53. The largest absolute Gasteiger partial charge is 0.351 e. The first-order valence-electron chi connectivity index (χ1n) is 9.21.